The van der Waals surface area contributed by atoms with Crippen molar-refractivity contribution in [3.63, 3.8) is 0 Å². The van der Waals surface area contributed by atoms with Crippen LogP contribution in [0.25, 0.3) is 11.1 Å². The topological polar surface area (TPSA) is 84.0 Å². The summed E-state index contributed by atoms with van der Waals surface area (Å²) < 4.78 is 5.22. The van der Waals surface area contributed by atoms with Gasteiger partial charge in [-0.1, -0.05) is 61.0 Å². The Balaban J connectivity index is 1.17. The molecule has 0 spiro atoms. The van der Waals surface area contributed by atoms with E-state index in [0.29, 0.717) is 11.3 Å². The molecule has 2 saturated heterocycles. The third-order valence-corrected chi connectivity index (χ3v) is 6.96. The lowest BCUT2D eigenvalue weighted by Gasteiger charge is -2.30. The van der Waals surface area contributed by atoms with Crippen molar-refractivity contribution in [1.82, 2.24) is 4.90 Å². The molecule has 7 nitrogen and oxygen atoms in total. The molecule has 2 amide bonds. The van der Waals surface area contributed by atoms with Gasteiger partial charge >= 0.3 is 5.97 Å². The molecule has 3 aromatic carbocycles. The van der Waals surface area contributed by atoms with E-state index in [0.717, 1.165) is 43.5 Å². The zero-order chi connectivity index (χ0) is 25.8. The quantitative estimate of drug-likeness (QED) is 0.272. The molecule has 7 heteroatoms. The average molecular weight is 497 g/mol. The Morgan fingerprint density at radius 3 is 2.05 bits per heavy atom. The molecule has 188 valence electrons. The fourth-order valence-corrected chi connectivity index (χ4v) is 4.93. The predicted octanol–water partition coefficient (Wildman–Crippen LogP) is 4.51. The van der Waals surface area contributed by atoms with Gasteiger partial charge in [-0.2, -0.15) is 0 Å². The van der Waals surface area contributed by atoms with E-state index in [1.807, 2.05) is 42.5 Å². The van der Waals surface area contributed by atoms with Crippen LogP contribution in [0.1, 0.15) is 46.4 Å². The molecule has 2 fully saturated rings. The molecule has 0 bridgehead atoms. The molecule has 1 atom stereocenters. The largest absolute Gasteiger partial charge is 0.454 e. The number of rotatable bonds is 7. The number of anilines is 1. The standard InChI is InChI=1S/C30H28N2O5/c33-27(23-11-9-22(10-12-23)21-7-3-1-4-8-21)20-37-30(36)24-13-15-25(16-14-24)32-28(34)19-26(29(32)35)31-17-5-2-6-18-31/h1,3-4,7-16,26H,2,5-6,17-20H2. The number of ketones is 1. The third kappa shape index (κ3) is 5.37. The van der Waals surface area contributed by atoms with Crippen molar-refractivity contribution in [2.75, 3.05) is 24.6 Å². The number of hydrogen-bond donors (Lipinski definition) is 0. The molecule has 2 heterocycles. The third-order valence-electron chi connectivity index (χ3n) is 6.96. The van der Waals surface area contributed by atoms with Gasteiger partial charge in [0.15, 0.2) is 12.4 Å². The highest BCUT2D eigenvalue weighted by atomic mass is 16.5. The second-order valence-corrected chi connectivity index (χ2v) is 9.37. The molecule has 0 N–H and O–H groups in total. The first-order chi connectivity index (χ1) is 18.0. The van der Waals surface area contributed by atoms with Gasteiger partial charge in [0, 0.05) is 5.56 Å². The Hall–Kier alpha value is -4.10. The highest BCUT2D eigenvalue weighted by Crippen LogP contribution is 2.28. The number of esters is 1. The lowest BCUT2D eigenvalue weighted by Crippen LogP contribution is -2.44. The van der Waals surface area contributed by atoms with Crippen molar-refractivity contribution in [3.8, 4) is 11.1 Å². The van der Waals surface area contributed by atoms with E-state index in [-0.39, 0.29) is 36.2 Å². The van der Waals surface area contributed by atoms with Crippen LogP contribution in [0.4, 0.5) is 5.69 Å². The minimum Gasteiger partial charge on any atom is -0.454 e. The fourth-order valence-electron chi connectivity index (χ4n) is 4.93. The van der Waals surface area contributed by atoms with Gasteiger partial charge in [0.1, 0.15) is 0 Å². The van der Waals surface area contributed by atoms with Crippen LogP contribution in [0.2, 0.25) is 0 Å². The summed E-state index contributed by atoms with van der Waals surface area (Å²) in [4.78, 5) is 53.9. The number of benzene rings is 3. The first-order valence-electron chi connectivity index (χ1n) is 12.6. The van der Waals surface area contributed by atoms with Crippen molar-refractivity contribution in [2.45, 2.75) is 31.7 Å². The number of ether oxygens (including phenoxy) is 1. The van der Waals surface area contributed by atoms with E-state index >= 15 is 0 Å². The molecule has 2 aliphatic rings. The van der Waals surface area contributed by atoms with Crippen molar-refractivity contribution in [2.24, 2.45) is 0 Å². The first-order valence-corrected chi connectivity index (χ1v) is 12.6. The van der Waals surface area contributed by atoms with E-state index in [9.17, 15) is 19.2 Å². The van der Waals surface area contributed by atoms with Crippen molar-refractivity contribution in [3.05, 3.63) is 90.0 Å². The normalized spacial score (nSPS) is 18.2. The van der Waals surface area contributed by atoms with Gasteiger partial charge in [-0.05, 0) is 61.3 Å². The molecule has 0 aromatic heterocycles. The number of piperidine rings is 1. The highest BCUT2D eigenvalue weighted by Gasteiger charge is 2.42. The number of likely N-dealkylation sites (tertiary alicyclic amines) is 1. The summed E-state index contributed by atoms with van der Waals surface area (Å²) in [6.45, 7) is 1.28. The maximum Gasteiger partial charge on any atom is 0.338 e. The molecule has 37 heavy (non-hydrogen) atoms. The molecule has 5 rings (SSSR count). The second-order valence-electron chi connectivity index (χ2n) is 9.37. The summed E-state index contributed by atoms with van der Waals surface area (Å²) in [6.07, 6.45) is 3.41. The Labute approximate surface area is 215 Å². The highest BCUT2D eigenvalue weighted by molar-refractivity contribution is 6.22. The summed E-state index contributed by atoms with van der Waals surface area (Å²) in [6, 6.07) is 22.7. The van der Waals surface area contributed by atoms with Gasteiger partial charge in [-0.3, -0.25) is 19.3 Å². The zero-order valence-electron chi connectivity index (χ0n) is 20.5. The van der Waals surface area contributed by atoms with Crippen LogP contribution in [-0.2, 0) is 14.3 Å². The van der Waals surface area contributed by atoms with Gasteiger partial charge in [-0.15, -0.1) is 0 Å². The van der Waals surface area contributed by atoms with Crippen molar-refractivity contribution >= 4 is 29.3 Å². The van der Waals surface area contributed by atoms with Crippen LogP contribution < -0.4 is 4.90 Å². The molecule has 3 aromatic rings. The van der Waals surface area contributed by atoms with Crippen LogP contribution in [0.5, 0.6) is 0 Å². The number of carbonyl (C=O) groups is 4. The van der Waals surface area contributed by atoms with E-state index in [1.54, 1.807) is 24.3 Å². The minimum absolute atomic E-state index is 0.178. The minimum atomic E-state index is -0.647. The van der Waals surface area contributed by atoms with Gasteiger partial charge < -0.3 is 4.74 Å². The number of nitrogens with zero attached hydrogens (tertiary/aromatic N) is 2. The number of carbonyl (C=O) groups excluding carboxylic acids is 4. The van der Waals surface area contributed by atoms with Gasteiger partial charge in [0.25, 0.3) is 5.91 Å². The van der Waals surface area contributed by atoms with Crippen LogP contribution in [0.15, 0.2) is 78.9 Å². The van der Waals surface area contributed by atoms with Crippen LogP contribution >= 0.6 is 0 Å². The number of imide groups is 1. The molecular weight excluding hydrogens is 468 g/mol. The number of hydrogen-bond acceptors (Lipinski definition) is 6. The van der Waals surface area contributed by atoms with Crippen molar-refractivity contribution in [1.29, 1.82) is 0 Å². The lowest BCUT2D eigenvalue weighted by molar-refractivity contribution is -0.123. The fraction of sp³-hybridized carbons (Fsp3) is 0.267. The van der Waals surface area contributed by atoms with E-state index in [2.05, 4.69) is 4.90 Å². The summed E-state index contributed by atoms with van der Waals surface area (Å²) in [5, 5.41) is 0. The Morgan fingerprint density at radius 2 is 1.38 bits per heavy atom. The molecule has 1 unspecified atom stereocenters. The Bertz CT molecular complexity index is 1300. The van der Waals surface area contributed by atoms with E-state index < -0.39 is 12.0 Å². The van der Waals surface area contributed by atoms with E-state index in [1.165, 1.54) is 17.0 Å². The lowest BCUT2D eigenvalue weighted by atomic mass is 10.0. The zero-order valence-corrected chi connectivity index (χ0v) is 20.5. The van der Waals surface area contributed by atoms with Crippen LogP contribution in [0.3, 0.4) is 0 Å². The average Bonchev–Trinajstić information content (AvgIpc) is 3.26. The molecule has 0 aliphatic carbocycles. The summed E-state index contributed by atoms with van der Waals surface area (Å²) in [7, 11) is 0. The van der Waals surface area contributed by atoms with Crippen LogP contribution in [0, 0.1) is 0 Å². The smallest absolute Gasteiger partial charge is 0.338 e. The molecule has 0 saturated carbocycles. The van der Waals surface area contributed by atoms with Gasteiger partial charge in [0.2, 0.25) is 5.91 Å². The monoisotopic (exact) mass is 496 g/mol. The Kier molecular flexibility index (Phi) is 7.23. The van der Waals surface area contributed by atoms with Crippen molar-refractivity contribution < 1.29 is 23.9 Å². The van der Waals surface area contributed by atoms with Gasteiger partial charge in [0.05, 0.1) is 23.7 Å². The number of amides is 2. The summed E-state index contributed by atoms with van der Waals surface area (Å²) in [5.41, 5.74) is 3.17. The molecular formula is C30H28N2O5. The first kappa shape index (κ1) is 24.6. The van der Waals surface area contributed by atoms with Crippen LogP contribution in [-0.4, -0.2) is 54.2 Å². The predicted molar refractivity (Wildman–Crippen MR) is 139 cm³/mol. The SMILES string of the molecule is O=C(COC(=O)c1ccc(N2C(=O)CC(N3CCCCC3)C2=O)cc1)c1ccc(-c2ccccc2)cc1. The van der Waals surface area contributed by atoms with Gasteiger partial charge in [-0.25, -0.2) is 9.69 Å². The summed E-state index contributed by atoms with van der Waals surface area (Å²) >= 11 is 0. The van der Waals surface area contributed by atoms with E-state index in [4.69, 9.17) is 4.74 Å². The Morgan fingerprint density at radius 1 is 0.757 bits per heavy atom. The molecule has 2 aliphatic heterocycles. The maximum absolute atomic E-state index is 13.0. The maximum atomic E-state index is 13.0. The molecule has 0 radical (unpaired) electrons. The summed E-state index contributed by atoms with van der Waals surface area (Å²) in [5.74, 6) is -1.40. The second kappa shape index (κ2) is 10.9. The number of Topliss-reactive ketones (excluding diaryl/α,β-unsaturated/α-hetero) is 1.